The summed E-state index contributed by atoms with van der Waals surface area (Å²) in [6, 6.07) is 6.30. The summed E-state index contributed by atoms with van der Waals surface area (Å²) in [5.74, 6) is -1.96. The Morgan fingerprint density at radius 2 is 2.00 bits per heavy atom. The van der Waals surface area contributed by atoms with Gasteiger partial charge in [0.1, 0.15) is 11.5 Å². The van der Waals surface area contributed by atoms with Crippen molar-refractivity contribution in [3.05, 3.63) is 29.3 Å². The van der Waals surface area contributed by atoms with Gasteiger partial charge in [0.15, 0.2) is 0 Å². The number of carbonyl (C=O) groups excluding carboxylic acids is 2. The molecule has 2 aliphatic rings. The van der Waals surface area contributed by atoms with E-state index in [1.54, 1.807) is 24.3 Å². The number of nitrogens with one attached hydrogen (secondary N) is 1. The van der Waals surface area contributed by atoms with Crippen LogP contribution in [0.25, 0.3) is 0 Å². The number of aliphatic carboxylic acids is 1. The second kappa shape index (κ2) is 5.28. The first-order chi connectivity index (χ1) is 10.5. The van der Waals surface area contributed by atoms with Crippen LogP contribution in [0.3, 0.4) is 0 Å². The van der Waals surface area contributed by atoms with E-state index in [0.29, 0.717) is 36.5 Å². The van der Waals surface area contributed by atoms with E-state index < -0.39 is 23.3 Å². The molecule has 2 amide bonds. The lowest BCUT2D eigenvalue weighted by Crippen LogP contribution is -2.46. The molecule has 0 spiro atoms. The Morgan fingerprint density at radius 1 is 1.32 bits per heavy atom. The van der Waals surface area contributed by atoms with Crippen molar-refractivity contribution in [3.63, 3.8) is 0 Å². The fourth-order valence-corrected chi connectivity index (χ4v) is 2.92. The van der Waals surface area contributed by atoms with Gasteiger partial charge in [-0.25, -0.2) is 0 Å². The van der Waals surface area contributed by atoms with E-state index in [1.807, 2.05) is 0 Å². The molecule has 1 aliphatic carbocycles. The quantitative estimate of drug-likeness (QED) is 0.821. The Labute approximate surface area is 132 Å². The van der Waals surface area contributed by atoms with Crippen LogP contribution in [0.2, 0.25) is 5.02 Å². The molecule has 1 heterocycles. The predicted molar refractivity (Wildman–Crippen MR) is 79.7 cm³/mol. The first-order valence-corrected chi connectivity index (χ1v) is 7.44. The normalized spacial score (nSPS) is 22.5. The molecule has 1 atom stereocenters. The highest BCUT2D eigenvalue weighted by Gasteiger charge is 2.57. The number of hydrogen-bond acceptors (Lipinski definition) is 3. The van der Waals surface area contributed by atoms with Gasteiger partial charge in [0, 0.05) is 6.54 Å². The SMILES string of the molecule is O=C1C(NC(=O)C2(C(=O)O)CC2)CCN1c1ccccc1Cl. The minimum Gasteiger partial charge on any atom is -0.480 e. The Bertz CT molecular complexity index is 657. The van der Waals surface area contributed by atoms with E-state index in [4.69, 9.17) is 16.7 Å². The number of carbonyl (C=O) groups is 3. The number of para-hydroxylation sites is 1. The number of carboxylic acid groups (broad SMARTS) is 1. The third kappa shape index (κ3) is 2.33. The largest absolute Gasteiger partial charge is 0.480 e. The lowest BCUT2D eigenvalue weighted by molar-refractivity contribution is -0.149. The molecular formula is C15H15ClN2O4. The monoisotopic (exact) mass is 322 g/mol. The maximum Gasteiger partial charge on any atom is 0.319 e. The van der Waals surface area contributed by atoms with Crippen LogP contribution in [0.5, 0.6) is 0 Å². The van der Waals surface area contributed by atoms with E-state index in [-0.39, 0.29) is 5.91 Å². The van der Waals surface area contributed by atoms with Crippen LogP contribution in [-0.4, -0.2) is 35.5 Å². The van der Waals surface area contributed by atoms with Crippen molar-refractivity contribution in [2.75, 3.05) is 11.4 Å². The maximum absolute atomic E-state index is 12.4. The summed E-state index contributed by atoms with van der Waals surface area (Å²) >= 11 is 6.09. The standard InChI is InChI=1S/C15H15ClN2O4/c16-9-3-1-2-4-11(9)18-8-5-10(12(18)19)17-13(20)15(6-7-15)14(21)22/h1-4,10H,5-8H2,(H,17,20)(H,21,22). The summed E-state index contributed by atoms with van der Waals surface area (Å²) < 4.78 is 0. The summed E-state index contributed by atoms with van der Waals surface area (Å²) in [6.45, 7) is 0.438. The van der Waals surface area contributed by atoms with Crippen LogP contribution in [0, 0.1) is 5.41 Å². The fraction of sp³-hybridized carbons (Fsp3) is 0.400. The van der Waals surface area contributed by atoms with Crippen LogP contribution in [0.15, 0.2) is 24.3 Å². The molecule has 0 bridgehead atoms. The topological polar surface area (TPSA) is 86.7 Å². The highest BCUT2D eigenvalue weighted by Crippen LogP contribution is 2.46. The third-order valence-corrected chi connectivity index (χ3v) is 4.57. The maximum atomic E-state index is 12.4. The zero-order valence-electron chi connectivity index (χ0n) is 11.7. The van der Waals surface area contributed by atoms with Gasteiger partial charge in [-0.3, -0.25) is 14.4 Å². The first-order valence-electron chi connectivity index (χ1n) is 7.06. The summed E-state index contributed by atoms with van der Waals surface area (Å²) in [5, 5.41) is 12.1. The molecular weight excluding hydrogens is 308 g/mol. The van der Waals surface area contributed by atoms with Gasteiger partial charge in [-0.05, 0) is 31.4 Å². The smallest absolute Gasteiger partial charge is 0.319 e. The summed E-state index contributed by atoms with van der Waals surface area (Å²) in [4.78, 5) is 37.2. The first kappa shape index (κ1) is 14.8. The van der Waals surface area contributed by atoms with Gasteiger partial charge in [0.2, 0.25) is 11.8 Å². The molecule has 22 heavy (non-hydrogen) atoms. The molecule has 1 aliphatic heterocycles. The van der Waals surface area contributed by atoms with E-state index >= 15 is 0 Å². The van der Waals surface area contributed by atoms with Crippen LogP contribution in [0.4, 0.5) is 5.69 Å². The minimum atomic E-state index is -1.34. The van der Waals surface area contributed by atoms with Crippen LogP contribution in [0.1, 0.15) is 19.3 Å². The molecule has 7 heteroatoms. The number of hydrogen-bond donors (Lipinski definition) is 2. The van der Waals surface area contributed by atoms with Gasteiger partial charge in [0.05, 0.1) is 10.7 Å². The number of rotatable bonds is 4. The van der Waals surface area contributed by atoms with Gasteiger partial charge in [-0.15, -0.1) is 0 Å². The lowest BCUT2D eigenvalue weighted by Gasteiger charge is -2.19. The average molecular weight is 323 g/mol. The van der Waals surface area contributed by atoms with E-state index in [9.17, 15) is 14.4 Å². The van der Waals surface area contributed by atoms with Crippen molar-refractivity contribution < 1.29 is 19.5 Å². The Kier molecular flexibility index (Phi) is 3.56. The van der Waals surface area contributed by atoms with Crippen molar-refractivity contribution in [2.24, 2.45) is 5.41 Å². The van der Waals surface area contributed by atoms with Crippen LogP contribution < -0.4 is 10.2 Å². The summed E-state index contributed by atoms with van der Waals surface area (Å²) in [7, 11) is 0. The van der Waals surface area contributed by atoms with Crippen molar-refractivity contribution in [3.8, 4) is 0 Å². The molecule has 1 saturated heterocycles. The molecule has 2 N–H and O–H groups in total. The number of nitrogens with zero attached hydrogens (tertiary/aromatic N) is 1. The van der Waals surface area contributed by atoms with Gasteiger partial charge >= 0.3 is 5.97 Å². The molecule has 1 unspecified atom stereocenters. The Balaban J connectivity index is 1.71. The molecule has 1 saturated carbocycles. The van der Waals surface area contributed by atoms with Crippen molar-refractivity contribution in [1.82, 2.24) is 5.32 Å². The zero-order chi connectivity index (χ0) is 15.9. The molecule has 3 rings (SSSR count). The van der Waals surface area contributed by atoms with Gasteiger partial charge < -0.3 is 15.3 Å². The zero-order valence-corrected chi connectivity index (χ0v) is 12.5. The number of benzene rings is 1. The van der Waals surface area contributed by atoms with Crippen LogP contribution in [-0.2, 0) is 14.4 Å². The van der Waals surface area contributed by atoms with Crippen molar-refractivity contribution >= 4 is 35.1 Å². The molecule has 116 valence electrons. The minimum absolute atomic E-state index is 0.261. The van der Waals surface area contributed by atoms with E-state index in [2.05, 4.69) is 5.32 Å². The Morgan fingerprint density at radius 3 is 2.59 bits per heavy atom. The van der Waals surface area contributed by atoms with Crippen molar-refractivity contribution in [1.29, 1.82) is 0 Å². The Hall–Kier alpha value is -2.08. The molecule has 6 nitrogen and oxygen atoms in total. The second-order valence-electron chi connectivity index (χ2n) is 5.64. The van der Waals surface area contributed by atoms with E-state index in [1.165, 1.54) is 4.90 Å². The summed E-state index contributed by atoms with van der Waals surface area (Å²) in [5.41, 5.74) is -0.733. The number of amides is 2. The third-order valence-electron chi connectivity index (χ3n) is 4.25. The van der Waals surface area contributed by atoms with Gasteiger partial charge in [0.25, 0.3) is 0 Å². The highest BCUT2D eigenvalue weighted by atomic mass is 35.5. The molecule has 1 aromatic rings. The number of halogens is 1. The average Bonchev–Trinajstić information content (AvgIpc) is 3.23. The predicted octanol–water partition coefficient (Wildman–Crippen LogP) is 1.43. The second-order valence-corrected chi connectivity index (χ2v) is 6.05. The van der Waals surface area contributed by atoms with E-state index in [0.717, 1.165) is 0 Å². The molecule has 2 fully saturated rings. The highest BCUT2D eigenvalue weighted by molar-refractivity contribution is 6.34. The number of carboxylic acids is 1. The lowest BCUT2D eigenvalue weighted by atomic mass is 10.1. The molecule has 1 aromatic carbocycles. The fourth-order valence-electron chi connectivity index (χ4n) is 2.68. The van der Waals surface area contributed by atoms with Gasteiger partial charge in [-0.1, -0.05) is 23.7 Å². The number of anilines is 1. The van der Waals surface area contributed by atoms with Gasteiger partial charge in [-0.2, -0.15) is 0 Å². The van der Waals surface area contributed by atoms with Crippen LogP contribution >= 0.6 is 11.6 Å². The van der Waals surface area contributed by atoms with Crippen molar-refractivity contribution in [2.45, 2.75) is 25.3 Å². The molecule has 0 radical (unpaired) electrons. The summed E-state index contributed by atoms with van der Waals surface area (Å²) in [6.07, 6.45) is 1.08. The molecule has 0 aromatic heterocycles.